The van der Waals surface area contributed by atoms with Crippen molar-refractivity contribution in [2.24, 2.45) is 0 Å². The molecule has 0 radical (unpaired) electrons. The minimum Gasteiger partial charge on any atom is -0.339 e. The van der Waals surface area contributed by atoms with Gasteiger partial charge in [-0.3, -0.25) is 4.79 Å². The van der Waals surface area contributed by atoms with E-state index in [1.807, 2.05) is 32.6 Å². The van der Waals surface area contributed by atoms with Gasteiger partial charge in [-0.05, 0) is 27.7 Å². The molecular formula is C14H18N4O2S. The first-order chi connectivity index (χ1) is 9.84. The van der Waals surface area contributed by atoms with Crippen LogP contribution in [0.25, 0.3) is 10.8 Å². The molecule has 1 aliphatic heterocycles. The van der Waals surface area contributed by atoms with Gasteiger partial charge in [0, 0.05) is 29.6 Å². The lowest BCUT2D eigenvalue weighted by Crippen LogP contribution is -2.42. The van der Waals surface area contributed by atoms with E-state index in [-0.39, 0.29) is 17.4 Å². The third kappa shape index (κ3) is 2.70. The van der Waals surface area contributed by atoms with Gasteiger partial charge in [0.15, 0.2) is 5.01 Å². The Hall–Kier alpha value is -1.76. The molecular weight excluding hydrogens is 288 g/mol. The topological polar surface area (TPSA) is 72.1 Å². The molecule has 21 heavy (non-hydrogen) atoms. The largest absolute Gasteiger partial charge is 0.339 e. The molecule has 0 saturated carbocycles. The zero-order valence-corrected chi connectivity index (χ0v) is 13.4. The first kappa shape index (κ1) is 14.2. The van der Waals surface area contributed by atoms with Crippen molar-refractivity contribution in [2.45, 2.75) is 45.6 Å². The number of amides is 1. The van der Waals surface area contributed by atoms with Gasteiger partial charge in [-0.2, -0.15) is 4.98 Å². The SMILES string of the molecule is Cc1cnc(-c2noc(C3CC(=O)N(C(C)(C)C)C3)n2)s1. The molecule has 0 spiro atoms. The Bertz CT molecular complexity index is 671. The minimum absolute atomic E-state index is 0.0287. The highest BCUT2D eigenvalue weighted by Crippen LogP contribution is 2.33. The molecule has 0 bridgehead atoms. The molecule has 2 aromatic rings. The summed E-state index contributed by atoms with van der Waals surface area (Å²) in [5.74, 6) is 1.14. The average Bonchev–Trinajstić information content (AvgIpc) is 3.05. The van der Waals surface area contributed by atoms with E-state index in [0.717, 1.165) is 9.88 Å². The van der Waals surface area contributed by atoms with Crippen LogP contribution in [0.3, 0.4) is 0 Å². The lowest BCUT2D eigenvalue weighted by atomic mass is 10.1. The monoisotopic (exact) mass is 306 g/mol. The number of likely N-dealkylation sites (tertiary alicyclic amines) is 1. The summed E-state index contributed by atoms with van der Waals surface area (Å²) in [6.45, 7) is 8.71. The third-order valence-corrected chi connectivity index (χ3v) is 4.45. The summed E-state index contributed by atoms with van der Waals surface area (Å²) in [5.41, 5.74) is -0.179. The maximum atomic E-state index is 12.1. The summed E-state index contributed by atoms with van der Waals surface area (Å²) in [7, 11) is 0. The number of carbonyl (C=O) groups excluding carboxylic acids is 1. The Morgan fingerprint density at radius 2 is 2.19 bits per heavy atom. The summed E-state index contributed by atoms with van der Waals surface area (Å²) in [6.07, 6.45) is 2.21. The summed E-state index contributed by atoms with van der Waals surface area (Å²) in [5, 5.41) is 4.74. The summed E-state index contributed by atoms with van der Waals surface area (Å²) in [6, 6.07) is 0. The van der Waals surface area contributed by atoms with E-state index >= 15 is 0 Å². The third-order valence-electron chi connectivity index (χ3n) is 3.54. The van der Waals surface area contributed by atoms with Gasteiger partial charge < -0.3 is 9.42 Å². The van der Waals surface area contributed by atoms with Crippen molar-refractivity contribution in [2.75, 3.05) is 6.54 Å². The van der Waals surface area contributed by atoms with Gasteiger partial charge in [0.05, 0.1) is 5.92 Å². The molecule has 3 rings (SSSR count). The van der Waals surface area contributed by atoms with Crippen LogP contribution in [0.5, 0.6) is 0 Å². The molecule has 6 nitrogen and oxygen atoms in total. The normalized spacial score (nSPS) is 19.5. The van der Waals surface area contributed by atoms with E-state index in [2.05, 4.69) is 15.1 Å². The van der Waals surface area contributed by atoms with Gasteiger partial charge in [0.2, 0.25) is 17.6 Å². The van der Waals surface area contributed by atoms with Crippen LogP contribution in [-0.4, -0.2) is 38.0 Å². The second-order valence-electron chi connectivity index (χ2n) is 6.31. The number of rotatable bonds is 2. The van der Waals surface area contributed by atoms with Crippen molar-refractivity contribution in [3.05, 3.63) is 17.0 Å². The molecule has 3 heterocycles. The molecule has 1 saturated heterocycles. The molecule has 1 aliphatic rings. The number of hydrogen-bond acceptors (Lipinski definition) is 6. The van der Waals surface area contributed by atoms with Crippen molar-refractivity contribution in [3.8, 4) is 10.8 Å². The first-order valence-electron chi connectivity index (χ1n) is 6.91. The van der Waals surface area contributed by atoms with Crippen molar-refractivity contribution < 1.29 is 9.32 Å². The van der Waals surface area contributed by atoms with Gasteiger partial charge in [-0.1, -0.05) is 5.16 Å². The molecule has 1 fully saturated rings. The molecule has 112 valence electrons. The lowest BCUT2D eigenvalue weighted by molar-refractivity contribution is -0.131. The Morgan fingerprint density at radius 3 is 2.76 bits per heavy atom. The van der Waals surface area contributed by atoms with Crippen LogP contribution >= 0.6 is 11.3 Å². The maximum Gasteiger partial charge on any atom is 0.232 e. The highest BCUT2D eigenvalue weighted by atomic mass is 32.1. The standard InChI is InChI=1S/C14H18N4O2S/c1-8-6-15-13(21-8)11-16-12(20-17-11)9-5-10(19)18(7-9)14(2,3)4/h6,9H,5,7H2,1-4H3. The number of nitrogens with zero attached hydrogens (tertiary/aromatic N) is 4. The summed E-state index contributed by atoms with van der Waals surface area (Å²) >= 11 is 1.53. The number of thiazole rings is 1. The molecule has 0 aliphatic carbocycles. The van der Waals surface area contributed by atoms with Gasteiger partial charge in [0.25, 0.3) is 0 Å². The van der Waals surface area contributed by atoms with E-state index in [9.17, 15) is 4.79 Å². The van der Waals surface area contributed by atoms with E-state index in [0.29, 0.717) is 24.7 Å². The average molecular weight is 306 g/mol. The zero-order chi connectivity index (χ0) is 15.2. The van der Waals surface area contributed by atoms with Gasteiger partial charge in [-0.25, -0.2) is 4.98 Å². The maximum absolute atomic E-state index is 12.1. The number of aromatic nitrogens is 3. The van der Waals surface area contributed by atoms with Gasteiger partial charge >= 0.3 is 0 Å². The Kier molecular flexibility index (Phi) is 3.32. The van der Waals surface area contributed by atoms with Crippen LogP contribution in [0, 0.1) is 6.92 Å². The van der Waals surface area contributed by atoms with Crippen molar-refractivity contribution in [3.63, 3.8) is 0 Å². The van der Waals surface area contributed by atoms with Gasteiger partial charge in [-0.15, -0.1) is 11.3 Å². The van der Waals surface area contributed by atoms with Crippen LogP contribution in [0.1, 0.15) is 43.9 Å². The Labute approximate surface area is 127 Å². The predicted octanol–water partition coefficient (Wildman–Crippen LogP) is 2.62. The molecule has 2 aromatic heterocycles. The summed E-state index contributed by atoms with van der Waals surface area (Å²) in [4.78, 5) is 23.8. The second-order valence-corrected chi connectivity index (χ2v) is 7.54. The van der Waals surface area contributed by atoms with Crippen molar-refractivity contribution >= 4 is 17.2 Å². The predicted molar refractivity (Wildman–Crippen MR) is 79.0 cm³/mol. The van der Waals surface area contributed by atoms with Crippen LogP contribution in [0.2, 0.25) is 0 Å². The van der Waals surface area contributed by atoms with E-state index in [1.54, 1.807) is 6.20 Å². The fraction of sp³-hybridized carbons (Fsp3) is 0.571. The lowest BCUT2D eigenvalue weighted by Gasteiger charge is -2.31. The number of carbonyl (C=O) groups is 1. The fourth-order valence-electron chi connectivity index (χ4n) is 2.47. The Morgan fingerprint density at radius 1 is 1.43 bits per heavy atom. The zero-order valence-electron chi connectivity index (χ0n) is 12.6. The Balaban J connectivity index is 1.80. The molecule has 7 heteroatoms. The molecule has 0 N–H and O–H groups in total. The number of hydrogen-bond donors (Lipinski definition) is 0. The highest BCUT2D eigenvalue weighted by molar-refractivity contribution is 7.14. The van der Waals surface area contributed by atoms with Crippen LogP contribution in [-0.2, 0) is 4.79 Å². The first-order valence-corrected chi connectivity index (χ1v) is 7.73. The number of aryl methyl sites for hydroxylation is 1. The van der Waals surface area contributed by atoms with Crippen molar-refractivity contribution in [1.82, 2.24) is 20.0 Å². The van der Waals surface area contributed by atoms with Crippen LogP contribution in [0.15, 0.2) is 10.7 Å². The smallest absolute Gasteiger partial charge is 0.232 e. The molecule has 1 unspecified atom stereocenters. The quantitative estimate of drug-likeness (QED) is 0.853. The van der Waals surface area contributed by atoms with Crippen LogP contribution in [0.4, 0.5) is 0 Å². The summed E-state index contributed by atoms with van der Waals surface area (Å²) < 4.78 is 5.35. The van der Waals surface area contributed by atoms with Crippen molar-refractivity contribution in [1.29, 1.82) is 0 Å². The van der Waals surface area contributed by atoms with E-state index < -0.39 is 0 Å². The minimum atomic E-state index is -0.179. The fourth-order valence-corrected chi connectivity index (χ4v) is 3.16. The molecule has 0 aromatic carbocycles. The van der Waals surface area contributed by atoms with Gasteiger partial charge in [0.1, 0.15) is 0 Å². The van der Waals surface area contributed by atoms with E-state index in [1.165, 1.54) is 11.3 Å². The highest BCUT2D eigenvalue weighted by Gasteiger charge is 2.39. The van der Waals surface area contributed by atoms with Crippen LogP contribution < -0.4 is 0 Å². The molecule has 1 atom stereocenters. The van der Waals surface area contributed by atoms with E-state index in [4.69, 9.17) is 4.52 Å². The second kappa shape index (κ2) is 4.91. The molecule has 1 amide bonds.